The number of fused-ring (bicyclic) bond motifs is 1. The molecule has 0 radical (unpaired) electrons. The third kappa shape index (κ3) is 3.59. The molecule has 30 heavy (non-hydrogen) atoms. The molecule has 2 aromatic carbocycles. The molecule has 0 bridgehead atoms. The Kier molecular flexibility index (Phi) is 5.14. The molecule has 0 aliphatic carbocycles. The average Bonchev–Trinajstić information content (AvgIpc) is 3.29. The molecule has 0 N–H and O–H groups in total. The van der Waals surface area contributed by atoms with Crippen LogP contribution in [0, 0.1) is 0 Å². The third-order valence-corrected chi connectivity index (χ3v) is 5.10. The topological polar surface area (TPSA) is 101 Å². The van der Waals surface area contributed by atoms with Gasteiger partial charge in [0.1, 0.15) is 6.54 Å². The van der Waals surface area contributed by atoms with E-state index in [-0.39, 0.29) is 11.5 Å². The van der Waals surface area contributed by atoms with Crippen LogP contribution in [0.2, 0.25) is 0 Å². The SMILES string of the molecule is O=C(CN1C(=O)C(=O)c2ccccc21)OCC(=O)c1ccc(N2CCCC2=O)cc1. The average molecular weight is 406 g/mol. The maximum absolute atomic E-state index is 12.3. The molecule has 0 saturated carbocycles. The molecule has 2 aliphatic rings. The van der Waals surface area contributed by atoms with Gasteiger partial charge in [0.15, 0.2) is 12.4 Å². The van der Waals surface area contributed by atoms with Crippen LogP contribution in [-0.2, 0) is 19.1 Å². The molecule has 2 aromatic rings. The summed E-state index contributed by atoms with van der Waals surface area (Å²) in [5, 5.41) is 0. The van der Waals surface area contributed by atoms with Crippen LogP contribution in [0.3, 0.4) is 0 Å². The Hall–Kier alpha value is -3.81. The number of carbonyl (C=O) groups excluding carboxylic acids is 5. The van der Waals surface area contributed by atoms with Crippen LogP contribution in [0.25, 0.3) is 0 Å². The van der Waals surface area contributed by atoms with Crippen LogP contribution >= 0.6 is 0 Å². The standard InChI is InChI=1S/C22H18N2O6/c25-18(14-7-9-15(10-8-14)23-11-3-6-19(23)26)13-30-20(27)12-24-17-5-2-1-4-16(17)21(28)22(24)29/h1-2,4-5,7-10H,3,6,11-13H2. The second-order valence-corrected chi connectivity index (χ2v) is 7.02. The fourth-order valence-corrected chi connectivity index (χ4v) is 3.56. The van der Waals surface area contributed by atoms with Crippen molar-refractivity contribution in [3.8, 4) is 0 Å². The number of ketones is 2. The van der Waals surface area contributed by atoms with Gasteiger partial charge in [0.05, 0.1) is 11.3 Å². The van der Waals surface area contributed by atoms with Gasteiger partial charge >= 0.3 is 5.97 Å². The van der Waals surface area contributed by atoms with Crippen molar-refractivity contribution in [2.45, 2.75) is 12.8 Å². The number of hydrogen-bond donors (Lipinski definition) is 0. The van der Waals surface area contributed by atoms with Crippen molar-refractivity contribution >= 4 is 40.7 Å². The lowest BCUT2D eigenvalue weighted by atomic mass is 10.1. The van der Waals surface area contributed by atoms with E-state index in [0.29, 0.717) is 24.2 Å². The zero-order chi connectivity index (χ0) is 21.3. The van der Waals surface area contributed by atoms with Gasteiger partial charge in [-0.3, -0.25) is 28.9 Å². The van der Waals surface area contributed by atoms with Crippen LogP contribution in [0.4, 0.5) is 11.4 Å². The van der Waals surface area contributed by atoms with E-state index in [4.69, 9.17) is 4.74 Å². The predicted molar refractivity (Wildman–Crippen MR) is 106 cm³/mol. The highest BCUT2D eigenvalue weighted by Crippen LogP contribution is 2.28. The van der Waals surface area contributed by atoms with Crippen molar-refractivity contribution in [3.05, 3.63) is 59.7 Å². The molecule has 2 aliphatic heterocycles. The van der Waals surface area contributed by atoms with Crippen LogP contribution in [-0.4, -0.2) is 49.0 Å². The Morgan fingerprint density at radius 1 is 0.967 bits per heavy atom. The normalized spacial score (nSPS) is 15.5. The lowest BCUT2D eigenvalue weighted by Gasteiger charge is -2.16. The number of nitrogens with zero attached hydrogens (tertiary/aromatic N) is 2. The van der Waals surface area contributed by atoms with Crippen molar-refractivity contribution in [1.82, 2.24) is 0 Å². The first-order valence-electron chi connectivity index (χ1n) is 9.50. The summed E-state index contributed by atoms with van der Waals surface area (Å²) >= 11 is 0. The Morgan fingerprint density at radius 2 is 1.70 bits per heavy atom. The maximum Gasteiger partial charge on any atom is 0.326 e. The number of hydrogen-bond acceptors (Lipinski definition) is 6. The molecular formula is C22H18N2O6. The van der Waals surface area contributed by atoms with Gasteiger partial charge < -0.3 is 9.64 Å². The summed E-state index contributed by atoms with van der Waals surface area (Å²) in [6.45, 7) is -0.284. The van der Waals surface area contributed by atoms with Gasteiger partial charge in [-0.25, -0.2) is 0 Å². The number of amides is 2. The lowest BCUT2D eigenvalue weighted by Crippen LogP contribution is -2.36. The lowest BCUT2D eigenvalue weighted by molar-refractivity contribution is -0.141. The first-order valence-corrected chi connectivity index (χ1v) is 9.50. The highest BCUT2D eigenvalue weighted by molar-refractivity contribution is 6.52. The van der Waals surface area contributed by atoms with Crippen molar-refractivity contribution in [2.24, 2.45) is 0 Å². The maximum atomic E-state index is 12.3. The van der Waals surface area contributed by atoms with E-state index in [1.54, 1.807) is 47.4 Å². The molecule has 4 rings (SSSR count). The van der Waals surface area contributed by atoms with Gasteiger partial charge in [-0.2, -0.15) is 0 Å². The molecule has 0 unspecified atom stereocenters. The van der Waals surface area contributed by atoms with Crippen LogP contribution in [0.1, 0.15) is 33.6 Å². The molecule has 2 amide bonds. The highest BCUT2D eigenvalue weighted by atomic mass is 16.5. The van der Waals surface area contributed by atoms with E-state index in [2.05, 4.69) is 0 Å². The fourth-order valence-electron chi connectivity index (χ4n) is 3.56. The number of ether oxygens (including phenoxy) is 1. The predicted octanol–water partition coefficient (Wildman–Crippen LogP) is 1.77. The minimum absolute atomic E-state index is 0.0551. The monoisotopic (exact) mass is 406 g/mol. The Morgan fingerprint density at radius 3 is 2.40 bits per heavy atom. The van der Waals surface area contributed by atoms with E-state index >= 15 is 0 Å². The summed E-state index contributed by atoms with van der Waals surface area (Å²) in [5.74, 6) is -2.62. The van der Waals surface area contributed by atoms with E-state index in [9.17, 15) is 24.0 Å². The van der Waals surface area contributed by atoms with Crippen molar-refractivity contribution < 1.29 is 28.7 Å². The van der Waals surface area contributed by atoms with E-state index < -0.39 is 36.6 Å². The molecule has 1 fully saturated rings. The molecule has 1 saturated heterocycles. The third-order valence-electron chi connectivity index (χ3n) is 5.10. The molecule has 0 spiro atoms. The number of Topliss-reactive ketones (excluding diaryl/α,β-unsaturated/α-hetero) is 2. The quantitative estimate of drug-likeness (QED) is 0.412. The molecule has 8 heteroatoms. The molecular weight excluding hydrogens is 388 g/mol. The summed E-state index contributed by atoms with van der Waals surface area (Å²) in [7, 11) is 0. The zero-order valence-electron chi connectivity index (χ0n) is 16.0. The van der Waals surface area contributed by atoms with Gasteiger partial charge in [-0.05, 0) is 42.8 Å². The molecule has 0 aromatic heterocycles. The Labute approximate surface area is 172 Å². The molecule has 8 nitrogen and oxygen atoms in total. The minimum Gasteiger partial charge on any atom is -0.456 e. The number of rotatable bonds is 6. The van der Waals surface area contributed by atoms with Gasteiger partial charge in [0.25, 0.3) is 11.7 Å². The van der Waals surface area contributed by atoms with Crippen LogP contribution in [0.15, 0.2) is 48.5 Å². The number of para-hydroxylation sites is 1. The Bertz CT molecular complexity index is 1060. The van der Waals surface area contributed by atoms with Crippen LogP contribution < -0.4 is 9.80 Å². The summed E-state index contributed by atoms with van der Waals surface area (Å²) < 4.78 is 5.01. The molecule has 0 atom stereocenters. The summed E-state index contributed by atoms with van der Waals surface area (Å²) in [4.78, 5) is 63.0. The summed E-state index contributed by atoms with van der Waals surface area (Å²) in [6, 6.07) is 12.9. The minimum atomic E-state index is -0.800. The fraction of sp³-hybridized carbons (Fsp3) is 0.227. The highest BCUT2D eigenvalue weighted by Gasteiger charge is 2.36. The first kappa shape index (κ1) is 19.5. The van der Waals surface area contributed by atoms with Crippen molar-refractivity contribution in [2.75, 3.05) is 29.5 Å². The van der Waals surface area contributed by atoms with Gasteiger partial charge in [-0.15, -0.1) is 0 Å². The zero-order valence-corrected chi connectivity index (χ0v) is 16.0. The smallest absolute Gasteiger partial charge is 0.326 e. The van der Waals surface area contributed by atoms with Crippen molar-refractivity contribution in [1.29, 1.82) is 0 Å². The van der Waals surface area contributed by atoms with E-state index in [1.165, 1.54) is 6.07 Å². The number of esters is 1. The Balaban J connectivity index is 1.34. The molecule has 152 valence electrons. The number of carbonyl (C=O) groups is 5. The summed E-state index contributed by atoms with van der Waals surface area (Å²) in [5.41, 5.74) is 1.66. The second kappa shape index (κ2) is 7.90. The van der Waals surface area contributed by atoms with Crippen molar-refractivity contribution in [3.63, 3.8) is 0 Å². The van der Waals surface area contributed by atoms with Gasteiger partial charge in [0.2, 0.25) is 5.91 Å². The summed E-state index contributed by atoms with van der Waals surface area (Å²) in [6.07, 6.45) is 1.33. The second-order valence-electron chi connectivity index (χ2n) is 7.02. The van der Waals surface area contributed by atoms with Gasteiger partial charge in [-0.1, -0.05) is 12.1 Å². The molecule has 2 heterocycles. The first-order chi connectivity index (χ1) is 14.5. The largest absolute Gasteiger partial charge is 0.456 e. The number of anilines is 2. The van der Waals surface area contributed by atoms with E-state index in [0.717, 1.165) is 17.0 Å². The number of benzene rings is 2. The van der Waals surface area contributed by atoms with E-state index in [1.807, 2.05) is 0 Å². The van der Waals surface area contributed by atoms with Crippen LogP contribution in [0.5, 0.6) is 0 Å². The van der Waals surface area contributed by atoms with Gasteiger partial charge in [0, 0.05) is 24.2 Å².